The Morgan fingerprint density at radius 3 is 1.58 bits per heavy atom. The molecular formula is C43H32. The molecule has 0 aliphatic carbocycles. The maximum atomic E-state index is 2.37. The Hall–Kier alpha value is -5.20. The zero-order chi connectivity index (χ0) is 28.9. The molecular weight excluding hydrogens is 516 g/mol. The Morgan fingerprint density at radius 2 is 0.884 bits per heavy atom. The number of fused-ring (bicyclic) bond motifs is 4. The van der Waals surface area contributed by atoms with Gasteiger partial charge in [-0.1, -0.05) is 145 Å². The average Bonchev–Trinajstić information content (AvgIpc) is 3.04. The van der Waals surface area contributed by atoms with Crippen LogP contribution in [0.15, 0.2) is 146 Å². The van der Waals surface area contributed by atoms with Gasteiger partial charge in [-0.25, -0.2) is 0 Å². The molecule has 0 radical (unpaired) electrons. The highest BCUT2D eigenvalue weighted by molar-refractivity contribution is 6.22. The van der Waals surface area contributed by atoms with E-state index in [-0.39, 0.29) is 0 Å². The normalized spacial score (nSPS) is 11.6. The molecule has 0 bridgehead atoms. The van der Waals surface area contributed by atoms with E-state index >= 15 is 0 Å². The fourth-order valence-electron chi connectivity index (χ4n) is 6.89. The van der Waals surface area contributed by atoms with Crippen LogP contribution in [0.1, 0.15) is 22.3 Å². The Balaban J connectivity index is 1.46. The average molecular weight is 549 g/mol. The molecule has 8 aromatic rings. The summed E-state index contributed by atoms with van der Waals surface area (Å²) < 4.78 is 0. The van der Waals surface area contributed by atoms with E-state index in [2.05, 4.69) is 159 Å². The second-order valence-corrected chi connectivity index (χ2v) is 11.9. The molecule has 0 saturated carbocycles. The molecule has 0 N–H and O–H groups in total. The van der Waals surface area contributed by atoms with Gasteiger partial charge in [-0.3, -0.25) is 0 Å². The number of aryl methyl sites for hydroxylation is 2. The minimum atomic E-state index is 0.859. The van der Waals surface area contributed by atoms with Crippen LogP contribution < -0.4 is 0 Å². The second-order valence-electron chi connectivity index (χ2n) is 11.9. The summed E-state index contributed by atoms with van der Waals surface area (Å²) in [7, 11) is 0. The van der Waals surface area contributed by atoms with Gasteiger partial charge in [0, 0.05) is 0 Å². The summed E-state index contributed by atoms with van der Waals surface area (Å²) in [5, 5.41) is 10.4. The minimum absolute atomic E-state index is 0.859. The number of hydrogen-bond donors (Lipinski definition) is 0. The first-order chi connectivity index (χ1) is 21.1. The maximum Gasteiger partial charge on any atom is -0.00132 e. The van der Waals surface area contributed by atoms with Crippen LogP contribution in [-0.2, 0) is 6.42 Å². The lowest BCUT2D eigenvalue weighted by Gasteiger charge is -2.21. The molecule has 0 heterocycles. The highest BCUT2D eigenvalue weighted by atomic mass is 14.2. The summed E-state index contributed by atoms with van der Waals surface area (Å²) in [5.41, 5.74) is 10.4. The van der Waals surface area contributed by atoms with Gasteiger partial charge in [-0.2, -0.15) is 0 Å². The van der Waals surface area contributed by atoms with E-state index in [0.29, 0.717) is 0 Å². The lowest BCUT2D eigenvalue weighted by atomic mass is 9.82. The molecule has 0 aliphatic heterocycles. The van der Waals surface area contributed by atoms with E-state index < -0.39 is 0 Å². The van der Waals surface area contributed by atoms with E-state index in [1.54, 1.807) is 0 Å². The molecule has 0 amide bonds. The standard InChI is InChI=1S/C43H32/c1-28-17-21-30(22-18-28)41-37-14-5-6-15-38(37)42(31-23-19-29(2)20-24-31)43-36(13-8-16-39(41)43)26-35-12-7-11-34-25-32-9-3-4-10-33(32)27-40(34)35/h3-25,27H,26H2,1-2H3. The fourth-order valence-corrected chi connectivity index (χ4v) is 6.89. The van der Waals surface area contributed by atoms with Crippen LogP contribution in [0, 0.1) is 13.8 Å². The van der Waals surface area contributed by atoms with Crippen molar-refractivity contribution in [2.75, 3.05) is 0 Å². The van der Waals surface area contributed by atoms with Gasteiger partial charge < -0.3 is 0 Å². The molecule has 43 heavy (non-hydrogen) atoms. The molecule has 0 nitrogen and oxygen atoms in total. The zero-order valence-corrected chi connectivity index (χ0v) is 24.6. The number of rotatable bonds is 4. The summed E-state index contributed by atoms with van der Waals surface area (Å²) in [5.74, 6) is 0. The molecule has 204 valence electrons. The van der Waals surface area contributed by atoms with Crippen molar-refractivity contribution in [3.63, 3.8) is 0 Å². The van der Waals surface area contributed by atoms with Gasteiger partial charge in [-0.05, 0) is 109 Å². The van der Waals surface area contributed by atoms with Crippen molar-refractivity contribution < 1.29 is 0 Å². The van der Waals surface area contributed by atoms with E-state index in [4.69, 9.17) is 0 Å². The van der Waals surface area contributed by atoms with Gasteiger partial charge in [0.2, 0.25) is 0 Å². The third-order valence-corrected chi connectivity index (χ3v) is 9.03. The lowest BCUT2D eigenvalue weighted by molar-refractivity contribution is 1.24. The van der Waals surface area contributed by atoms with Crippen molar-refractivity contribution in [2.45, 2.75) is 20.3 Å². The van der Waals surface area contributed by atoms with E-state index in [0.717, 1.165) is 6.42 Å². The third-order valence-electron chi connectivity index (χ3n) is 9.03. The Kier molecular flexibility index (Phi) is 6.09. The van der Waals surface area contributed by atoms with Crippen LogP contribution in [0.2, 0.25) is 0 Å². The first-order valence-corrected chi connectivity index (χ1v) is 15.1. The van der Waals surface area contributed by atoms with Gasteiger partial charge >= 0.3 is 0 Å². The van der Waals surface area contributed by atoms with Gasteiger partial charge in [0.25, 0.3) is 0 Å². The van der Waals surface area contributed by atoms with Crippen molar-refractivity contribution in [1.29, 1.82) is 0 Å². The third kappa shape index (κ3) is 4.39. The zero-order valence-electron chi connectivity index (χ0n) is 24.6. The molecule has 0 heteroatoms. The van der Waals surface area contributed by atoms with Crippen molar-refractivity contribution >= 4 is 43.1 Å². The van der Waals surface area contributed by atoms with Crippen molar-refractivity contribution in [1.82, 2.24) is 0 Å². The predicted molar refractivity (Wildman–Crippen MR) is 186 cm³/mol. The molecule has 0 spiro atoms. The molecule has 0 atom stereocenters. The smallest absolute Gasteiger partial charge is 0.00132 e. The van der Waals surface area contributed by atoms with Gasteiger partial charge in [0.1, 0.15) is 0 Å². The van der Waals surface area contributed by atoms with Gasteiger partial charge in [-0.15, -0.1) is 0 Å². The molecule has 0 fully saturated rings. The van der Waals surface area contributed by atoms with Crippen LogP contribution in [0.25, 0.3) is 65.3 Å². The molecule has 8 aromatic carbocycles. The van der Waals surface area contributed by atoms with Crippen LogP contribution in [0.4, 0.5) is 0 Å². The van der Waals surface area contributed by atoms with E-state index in [1.807, 2.05) is 0 Å². The molecule has 0 aliphatic rings. The van der Waals surface area contributed by atoms with E-state index in [9.17, 15) is 0 Å². The molecule has 0 aromatic heterocycles. The Morgan fingerprint density at radius 1 is 0.372 bits per heavy atom. The Bertz CT molecular complexity index is 2300. The van der Waals surface area contributed by atoms with Crippen LogP contribution in [0.3, 0.4) is 0 Å². The first kappa shape index (κ1) is 25.5. The molecule has 8 rings (SSSR count). The largest absolute Gasteiger partial charge is 0.0616 e. The fraction of sp³-hybridized carbons (Fsp3) is 0.0698. The lowest BCUT2D eigenvalue weighted by Crippen LogP contribution is -1.97. The first-order valence-electron chi connectivity index (χ1n) is 15.1. The van der Waals surface area contributed by atoms with Crippen LogP contribution in [-0.4, -0.2) is 0 Å². The summed E-state index contributed by atoms with van der Waals surface area (Å²) >= 11 is 0. The van der Waals surface area contributed by atoms with E-state index in [1.165, 1.54) is 87.6 Å². The SMILES string of the molecule is Cc1ccc(-c2c3ccccc3c(-c3ccc(C)cc3)c3c(Cc4cccc5cc6ccccc6cc45)cccc23)cc1. The predicted octanol–water partition coefficient (Wildman–Crippen LogP) is 11.8. The Labute approximate surface area is 252 Å². The number of benzene rings is 8. The van der Waals surface area contributed by atoms with Gasteiger partial charge in [0.15, 0.2) is 0 Å². The van der Waals surface area contributed by atoms with Crippen LogP contribution in [0.5, 0.6) is 0 Å². The topological polar surface area (TPSA) is 0 Å². The quantitative estimate of drug-likeness (QED) is 0.192. The van der Waals surface area contributed by atoms with Gasteiger partial charge in [0.05, 0.1) is 0 Å². The summed E-state index contributed by atoms with van der Waals surface area (Å²) in [6.45, 7) is 4.32. The van der Waals surface area contributed by atoms with Crippen molar-refractivity contribution in [3.8, 4) is 22.3 Å². The highest BCUT2D eigenvalue weighted by Gasteiger charge is 2.19. The second kappa shape index (κ2) is 10.3. The van der Waals surface area contributed by atoms with Crippen LogP contribution >= 0.6 is 0 Å². The van der Waals surface area contributed by atoms with Crippen molar-refractivity contribution in [2.24, 2.45) is 0 Å². The number of hydrogen-bond acceptors (Lipinski definition) is 0. The molecule has 0 unspecified atom stereocenters. The van der Waals surface area contributed by atoms with Crippen molar-refractivity contribution in [3.05, 3.63) is 168 Å². The highest BCUT2D eigenvalue weighted by Crippen LogP contribution is 2.45. The monoisotopic (exact) mass is 548 g/mol. The summed E-state index contributed by atoms with van der Waals surface area (Å²) in [6, 6.07) is 54.1. The summed E-state index contributed by atoms with van der Waals surface area (Å²) in [4.78, 5) is 0. The molecule has 0 saturated heterocycles. The minimum Gasteiger partial charge on any atom is -0.0616 e. The maximum absolute atomic E-state index is 2.37. The summed E-state index contributed by atoms with van der Waals surface area (Å²) in [6.07, 6.45) is 0.859.